The summed E-state index contributed by atoms with van der Waals surface area (Å²) in [7, 11) is 2.76. The zero-order chi connectivity index (χ0) is 41.9. The van der Waals surface area contributed by atoms with E-state index in [-0.39, 0.29) is 5.79 Å². The minimum absolute atomic E-state index is 0.335. The lowest BCUT2D eigenvalue weighted by molar-refractivity contribution is -0.194. The van der Waals surface area contributed by atoms with Crippen molar-refractivity contribution in [1.29, 1.82) is 0 Å². The summed E-state index contributed by atoms with van der Waals surface area (Å²) in [5.74, 6) is 2.11. The Morgan fingerprint density at radius 2 is 1.44 bits per heavy atom. The first kappa shape index (κ1) is 40.1. The summed E-state index contributed by atoms with van der Waals surface area (Å²) in [6.45, 7) is 9.91. The lowest BCUT2D eigenvalue weighted by Gasteiger charge is -2.43. The third kappa shape index (κ3) is 8.49. The maximum absolute atomic E-state index is 11.8. The van der Waals surface area contributed by atoms with Crippen LogP contribution in [-0.4, -0.2) is 78.5 Å². The Balaban J connectivity index is 0.000000156. The third-order valence-corrected chi connectivity index (χ3v) is 15.1. The standard InChI is InChI=1S/C28H38N4O3Si.C20H20N4O/c1-31-17-24(16-30-31)26-18-32(19-33-7-8-36(2,3)4)27-25(26)12-23(15-29-27)22-10-20-9-21(11-22)14-28(13-20)34-5-6-35-28;1-24-11-16(9-23-24)19-10-22-20-18(19)7-15(8-21-20)14-3-12-2-13(4-14)6-17(25)5-12/h10,12,15-18,20-21H,5-9,11,13-14,19H2,1-4H3;3,7-13H,2,4-6H2,1H3,(H,21,22). The minimum atomic E-state index is -1.12. The van der Waals surface area contributed by atoms with Crippen LogP contribution in [0.15, 0.2) is 73.9 Å². The van der Waals surface area contributed by atoms with Gasteiger partial charge in [-0.25, -0.2) is 9.97 Å². The van der Waals surface area contributed by atoms with E-state index in [4.69, 9.17) is 19.2 Å². The highest BCUT2D eigenvalue weighted by Crippen LogP contribution is 2.49. The van der Waals surface area contributed by atoms with Crippen molar-refractivity contribution in [2.45, 2.75) is 89.6 Å². The number of ether oxygens (including phenoxy) is 3. The highest BCUT2D eigenvalue weighted by molar-refractivity contribution is 6.76. The molecule has 6 aromatic rings. The van der Waals surface area contributed by atoms with Crippen molar-refractivity contribution in [3.05, 3.63) is 85.0 Å². The first-order valence-corrected chi connectivity index (χ1v) is 25.9. The van der Waals surface area contributed by atoms with Gasteiger partial charge in [-0.1, -0.05) is 31.8 Å². The van der Waals surface area contributed by atoms with Crippen molar-refractivity contribution in [3.63, 3.8) is 0 Å². The molecule has 1 aliphatic heterocycles. The molecule has 61 heavy (non-hydrogen) atoms. The number of pyridine rings is 2. The zero-order valence-electron chi connectivity index (χ0n) is 36.2. The van der Waals surface area contributed by atoms with Crippen LogP contribution in [0.4, 0.5) is 0 Å². The fraction of sp³-hybridized carbons (Fsp3) is 0.479. The predicted octanol–water partition coefficient (Wildman–Crippen LogP) is 9.43. The number of aromatic nitrogens is 8. The molecule has 5 aliphatic rings. The lowest BCUT2D eigenvalue weighted by atomic mass is 9.70. The van der Waals surface area contributed by atoms with Gasteiger partial charge in [-0.2, -0.15) is 10.2 Å². The van der Waals surface area contributed by atoms with Gasteiger partial charge in [0.05, 0.1) is 25.6 Å². The number of nitrogens with zero attached hydrogens (tertiary/aromatic N) is 7. The monoisotopic (exact) mass is 838 g/mol. The second kappa shape index (κ2) is 16.1. The summed E-state index contributed by atoms with van der Waals surface area (Å²) in [6, 6.07) is 5.72. The van der Waals surface area contributed by atoms with Gasteiger partial charge in [-0.3, -0.25) is 14.2 Å². The normalized spacial score (nSPS) is 23.3. The Labute approximate surface area is 358 Å². The maximum atomic E-state index is 11.8. The maximum Gasteiger partial charge on any atom is 0.169 e. The number of ketones is 1. The number of allylic oxidation sites excluding steroid dienone is 4. The fourth-order valence-corrected chi connectivity index (χ4v) is 11.4. The van der Waals surface area contributed by atoms with Crippen LogP contribution < -0.4 is 0 Å². The average molecular weight is 839 g/mol. The van der Waals surface area contributed by atoms with Crippen LogP contribution in [0.3, 0.4) is 0 Å². The lowest BCUT2D eigenvalue weighted by Crippen LogP contribution is -2.41. The number of fused-ring (bicyclic) bond motifs is 6. The summed E-state index contributed by atoms with van der Waals surface area (Å²) in [5, 5.41) is 11.0. The molecule has 0 radical (unpaired) electrons. The summed E-state index contributed by atoms with van der Waals surface area (Å²) in [4.78, 5) is 24.7. The van der Waals surface area contributed by atoms with Gasteiger partial charge in [0.15, 0.2) is 5.79 Å². The number of H-pyrrole nitrogens is 1. The molecule has 7 heterocycles. The molecule has 0 aromatic carbocycles. The summed E-state index contributed by atoms with van der Waals surface area (Å²) in [5.41, 5.74) is 11.5. The number of hydrogen-bond acceptors (Lipinski definition) is 8. The summed E-state index contributed by atoms with van der Waals surface area (Å²) in [6.07, 6.45) is 28.7. The number of rotatable bonds is 9. The number of Topliss-reactive ketones (excluding diaryl/α,β-unsaturated/α-hetero) is 1. The molecule has 6 aromatic heterocycles. The highest BCUT2D eigenvalue weighted by Gasteiger charge is 2.46. The smallest absolute Gasteiger partial charge is 0.169 e. The van der Waals surface area contributed by atoms with E-state index in [1.165, 1.54) is 28.7 Å². The molecule has 2 saturated carbocycles. The van der Waals surface area contributed by atoms with E-state index in [9.17, 15) is 4.79 Å². The largest absolute Gasteiger partial charge is 0.361 e. The molecule has 318 valence electrons. The Bertz CT molecular complexity index is 2650. The van der Waals surface area contributed by atoms with Gasteiger partial charge in [-0.05, 0) is 89.8 Å². The van der Waals surface area contributed by atoms with Crippen LogP contribution in [0.25, 0.3) is 55.5 Å². The second-order valence-electron chi connectivity index (χ2n) is 19.6. The Morgan fingerprint density at radius 1 is 0.770 bits per heavy atom. The summed E-state index contributed by atoms with van der Waals surface area (Å²) < 4.78 is 24.0. The number of nitrogens with one attached hydrogen (secondary N) is 1. The van der Waals surface area contributed by atoms with E-state index in [0.717, 1.165) is 109 Å². The number of aryl methyl sites for hydroxylation is 2. The van der Waals surface area contributed by atoms with Gasteiger partial charge in [0, 0.05) is 125 Å². The van der Waals surface area contributed by atoms with E-state index < -0.39 is 8.07 Å². The van der Waals surface area contributed by atoms with Crippen molar-refractivity contribution in [3.8, 4) is 22.3 Å². The molecule has 4 unspecified atom stereocenters. The molecule has 3 fully saturated rings. The first-order chi connectivity index (χ1) is 29.4. The van der Waals surface area contributed by atoms with Crippen molar-refractivity contribution in [2.75, 3.05) is 19.8 Å². The molecule has 4 bridgehead atoms. The number of carbonyl (C=O) groups excluding carboxylic acids is 1. The van der Waals surface area contributed by atoms with Gasteiger partial charge >= 0.3 is 0 Å². The summed E-state index contributed by atoms with van der Waals surface area (Å²) >= 11 is 0. The minimum Gasteiger partial charge on any atom is -0.361 e. The van der Waals surface area contributed by atoms with Gasteiger partial charge in [0.25, 0.3) is 0 Å². The average Bonchev–Trinajstić information content (AvgIpc) is 4.07. The van der Waals surface area contributed by atoms with E-state index in [2.05, 4.69) is 87.2 Å². The van der Waals surface area contributed by atoms with Crippen molar-refractivity contribution < 1.29 is 19.0 Å². The van der Waals surface area contributed by atoms with E-state index >= 15 is 0 Å². The number of carbonyl (C=O) groups is 1. The van der Waals surface area contributed by atoms with Gasteiger partial charge < -0.3 is 23.8 Å². The number of aromatic amines is 1. The van der Waals surface area contributed by atoms with Gasteiger partial charge in [-0.15, -0.1) is 0 Å². The van der Waals surface area contributed by atoms with Gasteiger partial charge in [0.1, 0.15) is 23.8 Å². The second-order valence-corrected chi connectivity index (χ2v) is 25.2. The van der Waals surface area contributed by atoms with Crippen LogP contribution >= 0.6 is 0 Å². The van der Waals surface area contributed by atoms with Crippen LogP contribution in [-0.2, 0) is 39.8 Å². The van der Waals surface area contributed by atoms with Crippen molar-refractivity contribution >= 4 is 47.1 Å². The topological polar surface area (TPSA) is 127 Å². The van der Waals surface area contributed by atoms with Crippen LogP contribution in [0, 0.1) is 23.7 Å². The van der Waals surface area contributed by atoms with E-state index in [1.54, 1.807) is 0 Å². The molecule has 1 saturated heterocycles. The molecule has 11 rings (SSSR count). The molecule has 13 heteroatoms. The molecule has 4 aliphatic carbocycles. The molecule has 1 N–H and O–H groups in total. The number of hydrogen-bond donors (Lipinski definition) is 1. The quantitative estimate of drug-likeness (QED) is 0.113. The van der Waals surface area contributed by atoms with Crippen LogP contribution in [0.1, 0.15) is 62.5 Å². The molecule has 1 spiro atoms. The molecular weight excluding hydrogens is 781 g/mol. The molecule has 0 amide bonds. The molecule has 12 nitrogen and oxygen atoms in total. The Morgan fingerprint density at radius 3 is 2.13 bits per heavy atom. The predicted molar refractivity (Wildman–Crippen MR) is 241 cm³/mol. The Kier molecular flexibility index (Phi) is 10.6. The highest BCUT2D eigenvalue weighted by atomic mass is 28.3. The SMILES string of the molecule is Cn1cc(-c2c[nH]c3ncc(C4=CC5CC(=O)CC(C4)C5)cc23)cn1.Cn1cc(-c2cn(COCC[Si](C)(C)C)c3ncc(C4=CC5CC(C4)CC4(C5)OCCO4)cc23)cn1. The Hall–Kier alpha value is -4.95. The van der Waals surface area contributed by atoms with Gasteiger partial charge in [0.2, 0.25) is 0 Å². The molecule has 4 atom stereocenters. The van der Waals surface area contributed by atoms with Crippen LogP contribution in [0.5, 0.6) is 0 Å². The van der Waals surface area contributed by atoms with E-state index in [1.807, 2.05) is 54.4 Å². The fourth-order valence-electron chi connectivity index (χ4n) is 10.6. The van der Waals surface area contributed by atoms with Crippen molar-refractivity contribution in [2.24, 2.45) is 37.8 Å². The van der Waals surface area contributed by atoms with Crippen molar-refractivity contribution in [1.82, 2.24) is 39.1 Å². The zero-order valence-corrected chi connectivity index (χ0v) is 37.2. The third-order valence-electron chi connectivity index (χ3n) is 13.4. The van der Waals surface area contributed by atoms with Crippen LogP contribution in [0.2, 0.25) is 25.7 Å². The van der Waals surface area contributed by atoms with E-state index in [0.29, 0.717) is 42.6 Å². The molecular formula is C48H58N8O4Si. The first-order valence-electron chi connectivity index (χ1n) is 22.2.